The van der Waals surface area contributed by atoms with E-state index in [0.29, 0.717) is 13.0 Å². The Morgan fingerprint density at radius 1 is 1.30 bits per heavy atom. The average Bonchev–Trinajstić information content (AvgIpc) is 2.89. The number of rotatable bonds is 5. The molecule has 0 heterocycles. The zero-order valence-electron chi connectivity index (χ0n) is 15.8. The molecule has 27 heavy (non-hydrogen) atoms. The first-order valence-corrected chi connectivity index (χ1v) is 10.7. The van der Waals surface area contributed by atoms with Crippen molar-refractivity contribution >= 4 is 19.4 Å². The molecule has 0 saturated heterocycles. The molecule has 0 aliphatic heterocycles. The van der Waals surface area contributed by atoms with E-state index >= 15 is 0 Å². The fraction of sp³-hybridized carbons (Fsp3) is 0.273. The maximum absolute atomic E-state index is 11.9. The Morgan fingerprint density at radius 3 is 2.93 bits per heavy atom. The first kappa shape index (κ1) is 19.8. The van der Waals surface area contributed by atoms with Gasteiger partial charge in [-0.1, -0.05) is 78.4 Å². The van der Waals surface area contributed by atoms with Crippen LogP contribution < -0.4 is 0 Å². The second-order valence-electron chi connectivity index (χ2n) is 6.69. The van der Waals surface area contributed by atoms with Crippen molar-refractivity contribution in [2.45, 2.75) is 12.8 Å². The van der Waals surface area contributed by atoms with Crippen molar-refractivity contribution in [3.8, 4) is 0 Å². The Balaban J connectivity index is 1.96. The number of allylic oxidation sites excluding steroid dienone is 8. The van der Waals surface area contributed by atoms with Crippen LogP contribution in [-0.2, 0) is 9.09 Å². The Hall–Kier alpha value is -1.97. The highest BCUT2D eigenvalue weighted by molar-refractivity contribution is 7.50. The molecule has 1 aromatic carbocycles. The van der Waals surface area contributed by atoms with Crippen LogP contribution in [0.15, 0.2) is 72.4 Å². The molecule has 0 saturated carbocycles. The van der Waals surface area contributed by atoms with E-state index in [1.807, 2.05) is 0 Å². The van der Waals surface area contributed by atoms with Crippen molar-refractivity contribution in [2.75, 3.05) is 20.7 Å². The highest BCUT2D eigenvalue weighted by atomic mass is 31.2. The molecule has 0 amide bonds. The van der Waals surface area contributed by atoms with Crippen molar-refractivity contribution in [1.29, 1.82) is 0 Å². The van der Waals surface area contributed by atoms with E-state index < -0.39 is 7.75 Å². The van der Waals surface area contributed by atoms with Crippen LogP contribution in [0.3, 0.4) is 0 Å². The number of nitrogens with zero attached hydrogens (tertiary/aromatic N) is 1. The largest absolute Gasteiger partial charge is 0.405 e. The Morgan fingerprint density at radius 2 is 2.11 bits per heavy atom. The average molecular weight is 383 g/mol. The van der Waals surface area contributed by atoms with Crippen molar-refractivity contribution < 1.29 is 14.0 Å². The third-order valence-electron chi connectivity index (χ3n) is 4.98. The minimum atomic E-state index is -3.69. The lowest BCUT2D eigenvalue weighted by molar-refractivity contribution is 0.253. The fourth-order valence-electron chi connectivity index (χ4n) is 3.45. The summed E-state index contributed by atoms with van der Waals surface area (Å²) in [5.74, 6) is 0.194. The molecule has 4 nitrogen and oxygen atoms in total. The fourth-order valence-corrected chi connectivity index (χ4v) is 4.10. The van der Waals surface area contributed by atoms with Crippen LogP contribution in [0.1, 0.15) is 24.0 Å². The molecule has 1 aromatic rings. The molecule has 142 valence electrons. The predicted molar refractivity (Wildman–Crippen MR) is 112 cm³/mol. The first-order valence-electron chi connectivity index (χ1n) is 9.13. The van der Waals surface area contributed by atoms with E-state index in [2.05, 4.69) is 72.9 Å². The molecule has 1 N–H and O–H groups in total. The Kier molecular flexibility index (Phi) is 6.46. The molecule has 0 aromatic heterocycles. The lowest BCUT2D eigenvalue weighted by Crippen LogP contribution is -2.17. The van der Waals surface area contributed by atoms with Gasteiger partial charge in [-0.15, -0.1) is 0 Å². The van der Waals surface area contributed by atoms with Gasteiger partial charge in [0.25, 0.3) is 0 Å². The molecular formula is C22H26NO3P. The summed E-state index contributed by atoms with van der Waals surface area (Å²) in [6.45, 7) is 0.441. The highest BCUT2D eigenvalue weighted by Gasteiger charge is 2.24. The van der Waals surface area contributed by atoms with Crippen LogP contribution in [0.25, 0.3) is 11.6 Å². The molecule has 0 bridgehead atoms. The number of hydrogen-bond acceptors (Lipinski definition) is 2. The van der Waals surface area contributed by atoms with Crippen LogP contribution in [0.2, 0.25) is 0 Å². The second kappa shape index (κ2) is 8.81. The maximum atomic E-state index is 11.9. The van der Waals surface area contributed by atoms with Crippen molar-refractivity contribution in [1.82, 2.24) is 4.67 Å². The smallest absolute Gasteiger partial charge is 0.312 e. The van der Waals surface area contributed by atoms with E-state index in [-0.39, 0.29) is 5.92 Å². The van der Waals surface area contributed by atoms with Gasteiger partial charge in [-0.25, -0.2) is 9.24 Å². The molecule has 0 radical (unpaired) electrons. The summed E-state index contributed by atoms with van der Waals surface area (Å²) in [7, 11) is -0.827. The van der Waals surface area contributed by atoms with Crippen molar-refractivity contribution in [3.63, 3.8) is 0 Å². The molecular weight excluding hydrogens is 357 g/mol. The number of hydrogen-bond donors (Lipinski definition) is 1. The van der Waals surface area contributed by atoms with Gasteiger partial charge in [-0.2, -0.15) is 0 Å². The van der Waals surface area contributed by atoms with Crippen molar-refractivity contribution in [3.05, 3.63) is 83.5 Å². The molecule has 2 atom stereocenters. The summed E-state index contributed by atoms with van der Waals surface area (Å²) >= 11 is 0. The molecule has 5 heteroatoms. The van der Waals surface area contributed by atoms with Gasteiger partial charge in [-0.05, 0) is 36.6 Å². The first-order chi connectivity index (χ1) is 13.0. The van der Waals surface area contributed by atoms with Gasteiger partial charge in [0.15, 0.2) is 0 Å². The van der Waals surface area contributed by atoms with Crippen LogP contribution in [0.4, 0.5) is 0 Å². The highest BCUT2D eigenvalue weighted by Crippen LogP contribution is 2.44. The predicted octanol–water partition coefficient (Wildman–Crippen LogP) is 5.22. The topological polar surface area (TPSA) is 49.8 Å². The van der Waals surface area contributed by atoms with Crippen LogP contribution in [0.5, 0.6) is 0 Å². The zero-order valence-corrected chi connectivity index (χ0v) is 16.7. The number of benzene rings is 1. The minimum Gasteiger partial charge on any atom is -0.312 e. The molecule has 2 aliphatic carbocycles. The summed E-state index contributed by atoms with van der Waals surface area (Å²) < 4.78 is 18.0. The normalized spacial score (nSPS) is 23.6. The van der Waals surface area contributed by atoms with Crippen LogP contribution >= 0.6 is 7.75 Å². The molecule has 0 spiro atoms. The summed E-state index contributed by atoms with van der Waals surface area (Å²) in [5.41, 5.74) is 4.98. The monoisotopic (exact) mass is 383 g/mol. The summed E-state index contributed by atoms with van der Waals surface area (Å²) in [6, 6.07) is 8.39. The van der Waals surface area contributed by atoms with Gasteiger partial charge >= 0.3 is 7.75 Å². The zero-order chi connectivity index (χ0) is 19.3. The standard InChI is InChI=1S/C22H26NO3P/c1-23(27(24,25)26-2)17-9-16-22-20-14-5-3-4-10-18(20)12-8-13-19-11-6-7-15-21(19)22/h3-8,10-11,13-16,20H,9,12,17H2,1-2H3,(H,24,25)/b13-8-,22-16+. The van der Waals surface area contributed by atoms with Crippen LogP contribution in [0, 0.1) is 5.92 Å². The van der Waals surface area contributed by atoms with E-state index in [4.69, 9.17) is 4.52 Å². The van der Waals surface area contributed by atoms with Gasteiger partial charge in [-0.3, -0.25) is 0 Å². The van der Waals surface area contributed by atoms with Gasteiger partial charge in [0.05, 0.1) is 0 Å². The minimum absolute atomic E-state index is 0.194. The lowest BCUT2D eigenvalue weighted by Gasteiger charge is -2.24. The molecule has 2 aliphatic rings. The van der Waals surface area contributed by atoms with Gasteiger partial charge in [0.2, 0.25) is 0 Å². The SMILES string of the molecule is COP(=O)(O)N(C)CC/C=C1/c2ccccc2/C=C\CC2=CC=CC=CC21. The van der Waals surface area contributed by atoms with Crippen molar-refractivity contribution in [2.24, 2.45) is 5.92 Å². The van der Waals surface area contributed by atoms with Gasteiger partial charge in [0.1, 0.15) is 0 Å². The van der Waals surface area contributed by atoms with Crippen LogP contribution in [-0.4, -0.2) is 30.3 Å². The van der Waals surface area contributed by atoms with E-state index in [9.17, 15) is 9.46 Å². The lowest BCUT2D eigenvalue weighted by atomic mass is 9.81. The Labute approximate surface area is 161 Å². The Bertz CT molecular complexity index is 879. The summed E-state index contributed by atoms with van der Waals surface area (Å²) in [4.78, 5) is 9.79. The molecule has 3 rings (SSSR count). The van der Waals surface area contributed by atoms with E-state index in [1.165, 1.54) is 34.1 Å². The molecule has 0 fully saturated rings. The third kappa shape index (κ3) is 4.66. The van der Waals surface area contributed by atoms with Gasteiger partial charge < -0.3 is 9.42 Å². The third-order valence-corrected chi connectivity index (χ3v) is 6.52. The van der Waals surface area contributed by atoms with E-state index in [1.54, 1.807) is 7.05 Å². The summed E-state index contributed by atoms with van der Waals surface area (Å²) in [5, 5.41) is 0. The second-order valence-corrected chi connectivity index (χ2v) is 8.71. The number of fused-ring (bicyclic) bond motifs is 2. The maximum Gasteiger partial charge on any atom is 0.405 e. The van der Waals surface area contributed by atoms with Gasteiger partial charge in [0, 0.05) is 19.6 Å². The quantitative estimate of drug-likeness (QED) is 0.708. The van der Waals surface area contributed by atoms with E-state index in [0.717, 1.165) is 6.42 Å². The summed E-state index contributed by atoms with van der Waals surface area (Å²) in [6.07, 6.45) is 18.8. The molecule has 2 unspecified atom stereocenters.